The maximum Gasteiger partial charge on any atom is 0.310 e. The van der Waals surface area contributed by atoms with Crippen molar-refractivity contribution in [2.24, 2.45) is 11.8 Å². The molecule has 1 fully saturated rings. The highest BCUT2D eigenvalue weighted by atomic mass is 16.6. The van der Waals surface area contributed by atoms with Gasteiger partial charge in [0.2, 0.25) is 0 Å². The van der Waals surface area contributed by atoms with Crippen molar-refractivity contribution >= 4 is 5.97 Å². The SMILES string of the molecule is C[C@@H]1OC(=O)[C@H](Cc2ccccc2)[C@H]1CO. The molecule has 1 aromatic carbocycles. The van der Waals surface area contributed by atoms with Gasteiger partial charge >= 0.3 is 5.97 Å². The Morgan fingerprint density at radius 2 is 2.00 bits per heavy atom. The maximum absolute atomic E-state index is 11.6. The molecule has 0 unspecified atom stereocenters. The van der Waals surface area contributed by atoms with E-state index in [1.807, 2.05) is 37.3 Å². The van der Waals surface area contributed by atoms with Crippen LogP contribution in [0.5, 0.6) is 0 Å². The highest BCUT2D eigenvalue weighted by Crippen LogP contribution is 2.30. The van der Waals surface area contributed by atoms with Crippen molar-refractivity contribution in [2.45, 2.75) is 19.4 Å². The number of carbonyl (C=O) groups is 1. The van der Waals surface area contributed by atoms with E-state index in [9.17, 15) is 9.90 Å². The molecule has 0 radical (unpaired) electrons. The molecule has 86 valence electrons. The number of aliphatic hydroxyl groups excluding tert-OH is 1. The third kappa shape index (κ3) is 2.09. The van der Waals surface area contributed by atoms with E-state index in [2.05, 4.69) is 0 Å². The fourth-order valence-corrected chi connectivity index (χ4v) is 2.24. The zero-order chi connectivity index (χ0) is 11.5. The van der Waals surface area contributed by atoms with E-state index in [0.29, 0.717) is 6.42 Å². The number of hydrogen-bond donors (Lipinski definition) is 1. The Kier molecular flexibility index (Phi) is 3.25. The zero-order valence-electron chi connectivity index (χ0n) is 9.30. The highest BCUT2D eigenvalue weighted by Gasteiger charge is 2.41. The fourth-order valence-electron chi connectivity index (χ4n) is 2.24. The van der Waals surface area contributed by atoms with Crippen LogP contribution in [0.4, 0.5) is 0 Å². The first kappa shape index (κ1) is 11.1. The smallest absolute Gasteiger partial charge is 0.310 e. The van der Waals surface area contributed by atoms with Crippen molar-refractivity contribution in [3.63, 3.8) is 0 Å². The van der Waals surface area contributed by atoms with Gasteiger partial charge in [-0.2, -0.15) is 0 Å². The first-order valence-corrected chi connectivity index (χ1v) is 5.57. The maximum atomic E-state index is 11.6. The van der Waals surface area contributed by atoms with Crippen LogP contribution in [-0.4, -0.2) is 23.8 Å². The van der Waals surface area contributed by atoms with E-state index in [1.165, 1.54) is 0 Å². The molecule has 0 bridgehead atoms. The standard InChI is InChI=1S/C13H16O3/c1-9-12(8-14)11(13(15)16-9)7-10-5-3-2-4-6-10/h2-6,9,11-12,14H,7-8H2,1H3/t9-,11+,12-/m0/s1. The van der Waals surface area contributed by atoms with Gasteiger partial charge < -0.3 is 9.84 Å². The number of esters is 1. The predicted octanol–water partition coefficient (Wildman–Crippen LogP) is 1.40. The topological polar surface area (TPSA) is 46.5 Å². The Bertz CT molecular complexity index is 361. The minimum absolute atomic E-state index is 0.00437. The summed E-state index contributed by atoms with van der Waals surface area (Å²) in [4.78, 5) is 11.6. The number of carbonyl (C=O) groups excluding carboxylic acids is 1. The Balaban J connectivity index is 2.11. The average molecular weight is 220 g/mol. The number of aliphatic hydroxyl groups is 1. The molecule has 0 saturated carbocycles. The molecule has 1 N–H and O–H groups in total. The second-order valence-electron chi connectivity index (χ2n) is 4.28. The summed E-state index contributed by atoms with van der Waals surface area (Å²) in [5, 5.41) is 9.27. The molecule has 0 aliphatic carbocycles. The van der Waals surface area contributed by atoms with Crippen LogP contribution >= 0.6 is 0 Å². The Labute approximate surface area is 95.0 Å². The van der Waals surface area contributed by atoms with E-state index in [-0.39, 0.29) is 30.5 Å². The molecule has 1 heterocycles. The van der Waals surface area contributed by atoms with Gasteiger partial charge in [-0.25, -0.2) is 0 Å². The summed E-state index contributed by atoms with van der Waals surface area (Å²) in [6.45, 7) is 1.84. The first-order chi connectivity index (χ1) is 7.72. The fraction of sp³-hybridized carbons (Fsp3) is 0.462. The van der Waals surface area contributed by atoms with E-state index in [1.54, 1.807) is 0 Å². The van der Waals surface area contributed by atoms with Gasteiger partial charge in [-0.15, -0.1) is 0 Å². The number of benzene rings is 1. The van der Waals surface area contributed by atoms with Crippen molar-refractivity contribution in [1.82, 2.24) is 0 Å². The van der Waals surface area contributed by atoms with Crippen LogP contribution in [0.25, 0.3) is 0 Å². The molecule has 3 atom stereocenters. The molecule has 1 saturated heterocycles. The third-order valence-corrected chi connectivity index (χ3v) is 3.23. The molecule has 1 aliphatic heterocycles. The van der Waals surface area contributed by atoms with Gasteiger partial charge in [0.15, 0.2) is 0 Å². The lowest BCUT2D eigenvalue weighted by Gasteiger charge is -2.15. The molecular formula is C13H16O3. The van der Waals surface area contributed by atoms with E-state index in [4.69, 9.17) is 4.74 Å². The lowest BCUT2D eigenvalue weighted by atomic mass is 9.87. The summed E-state index contributed by atoms with van der Waals surface area (Å²) in [5.41, 5.74) is 1.11. The molecule has 0 aromatic heterocycles. The second kappa shape index (κ2) is 4.66. The Morgan fingerprint density at radius 1 is 1.31 bits per heavy atom. The van der Waals surface area contributed by atoms with Crippen LogP contribution in [0.1, 0.15) is 12.5 Å². The summed E-state index contributed by atoms with van der Waals surface area (Å²) in [5.74, 6) is -0.467. The molecule has 0 spiro atoms. The summed E-state index contributed by atoms with van der Waals surface area (Å²) in [6, 6.07) is 9.83. The van der Waals surface area contributed by atoms with Crippen LogP contribution in [0.15, 0.2) is 30.3 Å². The minimum atomic E-state index is -0.206. The van der Waals surface area contributed by atoms with Crippen LogP contribution in [0.3, 0.4) is 0 Å². The van der Waals surface area contributed by atoms with Gasteiger partial charge in [-0.3, -0.25) is 4.79 Å². The lowest BCUT2D eigenvalue weighted by Crippen LogP contribution is -2.24. The van der Waals surface area contributed by atoms with Crippen molar-refractivity contribution in [1.29, 1.82) is 0 Å². The molecule has 2 rings (SSSR count). The summed E-state index contributed by atoms with van der Waals surface area (Å²) in [6.07, 6.45) is 0.473. The zero-order valence-corrected chi connectivity index (χ0v) is 9.30. The van der Waals surface area contributed by atoms with Gasteiger partial charge in [0.25, 0.3) is 0 Å². The van der Waals surface area contributed by atoms with Crippen molar-refractivity contribution in [3.05, 3.63) is 35.9 Å². The Morgan fingerprint density at radius 3 is 2.62 bits per heavy atom. The molecule has 3 nitrogen and oxygen atoms in total. The first-order valence-electron chi connectivity index (χ1n) is 5.57. The van der Waals surface area contributed by atoms with E-state index in [0.717, 1.165) is 5.56 Å². The normalized spacial score (nSPS) is 29.1. The largest absolute Gasteiger partial charge is 0.462 e. The summed E-state index contributed by atoms with van der Waals surface area (Å²) in [7, 11) is 0. The summed E-state index contributed by atoms with van der Waals surface area (Å²) >= 11 is 0. The summed E-state index contributed by atoms with van der Waals surface area (Å²) < 4.78 is 5.15. The monoisotopic (exact) mass is 220 g/mol. The van der Waals surface area contributed by atoms with Crippen LogP contribution in [0.2, 0.25) is 0 Å². The molecule has 3 heteroatoms. The van der Waals surface area contributed by atoms with Gasteiger partial charge in [-0.05, 0) is 18.9 Å². The quantitative estimate of drug-likeness (QED) is 0.783. The highest BCUT2D eigenvalue weighted by molar-refractivity contribution is 5.75. The van der Waals surface area contributed by atoms with Gasteiger partial charge in [-0.1, -0.05) is 30.3 Å². The van der Waals surface area contributed by atoms with Crippen molar-refractivity contribution < 1.29 is 14.6 Å². The second-order valence-corrected chi connectivity index (χ2v) is 4.28. The minimum Gasteiger partial charge on any atom is -0.462 e. The van der Waals surface area contributed by atoms with Crippen molar-refractivity contribution in [3.8, 4) is 0 Å². The van der Waals surface area contributed by atoms with Crippen LogP contribution in [0, 0.1) is 11.8 Å². The van der Waals surface area contributed by atoms with Crippen LogP contribution < -0.4 is 0 Å². The number of rotatable bonds is 3. The van der Waals surface area contributed by atoms with Gasteiger partial charge in [0, 0.05) is 5.92 Å². The molecule has 16 heavy (non-hydrogen) atoms. The number of hydrogen-bond acceptors (Lipinski definition) is 3. The van der Waals surface area contributed by atoms with Crippen LogP contribution in [-0.2, 0) is 16.0 Å². The molecule has 1 aliphatic rings. The number of ether oxygens (including phenoxy) is 1. The number of cyclic esters (lactones) is 1. The van der Waals surface area contributed by atoms with E-state index >= 15 is 0 Å². The molecule has 0 amide bonds. The van der Waals surface area contributed by atoms with E-state index < -0.39 is 0 Å². The molecule has 1 aromatic rings. The third-order valence-electron chi connectivity index (χ3n) is 3.23. The average Bonchev–Trinajstić information content (AvgIpc) is 2.55. The molecular weight excluding hydrogens is 204 g/mol. The van der Waals surface area contributed by atoms with Gasteiger partial charge in [0.05, 0.1) is 12.5 Å². The Hall–Kier alpha value is -1.35. The lowest BCUT2D eigenvalue weighted by molar-refractivity contribution is -0.143. The van der Waals surface area contributed by atoms with Crippen molar-refractivity contribution in [2.75, 3.05) is 6.61 Å². The predicted molar refractivity (Wildman–Crippen MR) is 59.8 cm³/mol. The van der Waals surface area contributed by atoms with Gasteiger partial charge in [0.1, 0.15) is 6.10 Å².